The number of hydrogen-bond acceptors (Lipinski definition) is 4. The summed E-state index contributed by atoms with van der Waals surface area (Å²) in [5, 5.41) is 3.21. The van der Waals surface area contributed by atoms with E-state index in [0.717, 1.165) is 5.69 Å². The van der Waals surface area contributed by atoms with Gasteiger partial charge in [-0.3, -0.25) is 0 Å². The predicted octanol–water partition coefficient (Wildman–Crippen LogP) is 2.42. The van der Waals surface area contributed by atoms with Crippen molar-refractivity contribution >= 4 is 17.5 Å². The molecule has 3 N–H and O–H groups in total. The van der Waals surface area contributed by atoms with E-state index in [9.17, 15) is 0 Å². The van der Waals surface area contributed by atoms with E-state index in [-0.39, 0.29) is 5.95 Å². The van der Waals surface area contributed by atoms with Crippen LogP contribution in [-0.4, -0.2) is 9.97 Å². The second kappa shape index (κ2) is 4.18. The number of aromatic nitrogens is 2. The van der Waals surface area contributed by atoms with Crippen molar-refractivity contribution < 1.29 is 0 Å². The first-order chi connectivity index (χ1) is 7.65. The van der Waals surface area contributed by atoms with E-state index in [1.165, 1.54) is 11.1 Å². The second-order valence-electron chi connectivity index (χ2n) is 3.74. The fraction of sp³-hybridized carbons (Fsp3) is 0.167. The molecule has 0 aliphatic rings. The summed E-state index contributed by atoms with van der Waals surface area (Å²) in [5.41, 5.74) is 8.96. The summed E-state index contributed by atoms with van der Waals surface area (Å²) in [4.78, 5) is 7.93. The zero-order valence-electron chi connectivity index (χ0n) is 9.36. The number of rotatable bonds is 2. The fourth-order valence-electron chi connectivity index (χ4n) is 1.54. The molecule has 2 aromatic rings. The highest BCUT2D eigenvalue weighted by Gasteiger charge is 2.00. The lowest BCUT2D eigenvalue weighted by Gasteiger charge is -2.09. The SMILES string of the molecule is Cc1ccc(Nc2ccnc(N)n2)c(C)c1. The Labute approximate surface area is 94.5 Å². The van der Waals surface area contributed by atoms with E-state index in [0.29, 0.717) is 5.82 Å². The maximum atomic E-state index is 5.51. The van der Waals surface area contributed by atoms with Gasteiger partial charge in [-0.15, -0.1) is 0 Å². The van der Waals surface area contributed by atoms with E-state index in [1.807, 2.05) is 6.07 Å². The summed E-state index contributed by atoms with van der Waals surface area (Å²) in [7, 11) is 0. The number of anilines is 3. The van der Waals surface area contributed by atoms with Crippen LogP contribution in [0.15, 0.2) is 30.5 Å². The largest absolute Gasteiger partial charge is 0.368 e. The quantitative estimate of drug-likeness (QED) is 0.805. The van der Waals surface area contributed by atoms with Gasteiger partial charge in [0.25, 0.3) is 0 Å². The second-order valence-corrected chi connectivity index (χ2v) is 3.74. The minimum absolute atomic E-state index is 0.273. The van der Waals surface area contributed by atoms with E-state index in [2.05, 4.69) is 41.3 Å². The zero-order chi connectivity index (χ0) is 11.5. The third kappa shape index (κ3) is 2.28. The number of hydrogen-bond donors (Lipinski definition) is 2. The molecule has 2 rings (SSSR count). The zero-order valence-corrected chi connectivity index (χ0v) is 9.36. The van der Waals surface area contributed by atoms with Crippen molar-refractivity contribution in [3.63, 3.8) is 0 Å². The van der Waals surface area contributed by atoms with Crippen molar-refractivity contribution in [1.29, 1.82) is 0 Å². The Morgan fingerprint density at radius 2 is 2.00 bits per heavy atom. The molecule has 0 bridgehead atoms. The minimum atomic E-state index is 0.273. The highest BCUT2D eigenvalue weighted by atomic mass is 15.1. The monoisotopic (exact) mass is 214 g/mol. The highest BCUT2D eigenvalue weighted by Crippen LogP contribution is 2.20. The minimum Gasteiger partial charge on any atom is -0.368 e. The molecule has 0 amide bonds. The summed E-state index contributed by atoms with van der Waals surface area (Å²) < 4.78 is 0. The fourth-order valence-corrected chi connectivity index (χ4v) is 1.54. The van der Waals surface area contributed by atoms with Gasteiger partial charge in [-0.25, -0.2) is 4.98 Å². The Kier molecular flexibility index (Phi) is 2.72. The van der Waals surface area contributed by atoms with Gasteiger partial charge in [-0.05, 0) is 31.5 Å². The summed E-state index contributed by atoms with van der Waals surface area (Å²) in [5.74, 6) is 0.981. The van der Waals surface area contributed by atoms with Crippen LogP contribution in [0, 0.1) is 13.8 Å². The van der Waals surface area contributed by atoms with Crippen molar-refractivity contribution in [2.45, 2.75) is 13.8 Å². The Morgan fingerprint density at radius 1 is 1.19 bits per heavy atom. The number of nitrogens with two attached hydrogens (primary N) is 1. The van der Waals surface area contributed by atoms with Gasteiger partial charge >= 0.3 is 0 Å². The molecule has 0 aliphatic heterocycles. The molecule has 1 aromatic carbocycles. The number of nitrogen functional groups attached to an aromatic ring is 1. The summed E-state index contributed by atoms with van der Waals surface area (Å²) in [6.07, 6.45) is 1.63. The van der Waals surface area contributed by atoms with Gasteiger partial charge in [0.05, 0.1) is 0 Å². The number of nitrogens with one attached hydrogen (secondary N) is 1. The van der Waals surface area contributed by atoms with Gasteiger partial charge < -0.3 is 11.1 Å². The maximum absolute atomic E-state index is 5.51. The number of aryl methyl sites for hydroxylation is 2. The molecule has 0 aliphatic carbocycles. The summed E-state index contributed by atoms with van der Waals surface area (Å²) in [6.45, 7) is 4.12. The molecule has 82 valence electrons. The van der Waals surface area contributed by atoms with Gasteiger partial charge in [0.15, 0.2) is 0 Å². The van der Waals surface area contributed by atoms with Crippen molar-refractivity contribution in [1.82, 2.24) is 9.97 Å². The van der Waals surface area contributed by atoms with Crippen LogP contribution in [0.3, 0.4) is 0 Å². The molecule has 0 radical (unpaired) electrons. The third-order valence-electron chi connectivity index (χ3n) is 2.32. The smallest absolute Gasteiger partial charge is 0.221 e. The van der Waals surface area contributed by atoms with Crippen LogP contribution in [0.2, 0.25) is 0 Å². The normalized spacial score (nSPS) is 10.1. The van der Waals surface area contributed by atoms with Crippen LogP contribution in [0.1, 0.15) is 11.1 Å². The molecule has 1 aromatic heterocycles. The number of benzene rings is 1. The van der Waals surface area contributed by atoms with Crippen molar-refractivity contribution in [2.75, 3.05) is 11.1 Å². The average molecular weight is 214 g/mol. The number of nitrogens with zero attached hydrogens (tertiary/aromatic N) is 2. The van der Waals surface area contributed by atoms with Crippen LogP contribution in [-0.2, 0) is 0 Å². The Bertz CT molecular complexity index is 508. The van der Waals surface area contributed by atoms with Crippen LogP contribution in [0.4, 0.5) is 17.5 Å². The Morgan fingerprint density at radius 3 is 2.69 bits per heavy atom. The molecule has 0 atom stereocenters. The van der Waals surface area contributed by atoms with Crippen LogP contribution < -0.4 is 11.1 Å². The molecular formula is C12H14N4. The highest BCUT2D eigenvalue weighted by molar-refractivity contribution is 5.61. The van der Waals surface area contributed by atoms with Crippen molar-refractivity contribution in [2.24, 2.45) is 0 Å². The van der Waals surface area contributed by atoms with Crippen LogP contribution in [0.5, 0.6) is 0 Å². The molecular weight excluding hydrogens is 200 g/mol. The Hall–Kier alpha value is -2.10. The van der Waals surface area contributed by atoms with Crippen molar-refractivity contribution in [3.05, 3.63) is 41.6 Å². The van der Waals surface area contributed by atoms with Crippen LogP contribution in [0.25, 0.3) is 0 Å². The molecule has 1 heterocycles. The molecule has 16 heavy (non-hydrogen) atoms. The van der Waals surface area contributed by atoms with Crippen molar-refractivity contribution in [3.8, 4) is 0 Å². The van der Waals surface area contributed by atoms with Gasteiger partial charge in [-0.1, -0.05) is 17.7 Å². The lowest BCUT2D eigenvalue weighted by Crippen LogP contribution is -2.00. The third-order valence-corrected chi connectivity index (χ3v) is 2.32. The molecule has 0 saturated carbocycles. The summed E-state index contributed by atoms with van der Waals surface area (Å²) >= 11 is 0. The lowest BCUT2D eigenvalue weighted by atomic mass is 10.1. The van der Waals surface area contributed by atoms with Gasteiger partial charge in [0, 0.05) is 11.9 Å². The van der Waals surface area contributed by atoms with E-state index in [1.54, 1.807) is 12.3 Å². The van der Waals surface area contributed by atoms with E-state index < -0.39 is 0 Å². The first-order valence-corrected chi connectivity index (χ1v) is 5.08. The maximum Gasteiger partial charge on any atom is 0.221 e. The van der Waals surface area contributed by atoms with E-state index >= 15 is 0 Å². The predicted molar refractivity (Wildman–Crippen MR) is 65.6 cm³/mol. The molecule has 0 fully saturated rings. The molecule has 4 heteroatoms. The van der Waals surface area contributed by atoms with Gasteiger partial charge in [-0.2, -0.15) is 4.98 Å². The van der Waals surface area contributed by atoms with Gasteiger partial charge in [0.1, 0.15) is 5.82 Å². The Balaban J connectivity index is 2.27. The topological polar surface area (TPSA) is 63.8 Å². The molecule has 4 nitrogen and oxygen atoms in total. The van der Waals surface area contributed by atoms with Crippen LogP contribution >= 0.6 is 0 Å². The molecule has 0 saturated heterocycles. The summed E-state index contributed by atoms with van der Waals surface area (Å²) in [6, 6.07) is 7.99. The van der Waals surface area contributed by atoms with E-state index in [4.69, 9.17) is 5.73 Å². The first-order valence-electron chi connectivity index (χ1n) is 5.08. The first kappa shape index (κ1) is 10.4. The average Bonchev–Trinajstić information content (AvgIpc) is 2.22. The molecule has 0 unspecified atom stereocenters. The standard InChI is InChI=1S/C12H14N4/c1-8-3-4-10(9(2)7-8)15-11-5-6-14-12(13)16-11/h3-7H,1-2H3,(H3,13,14,15,16). The van der Waals surface area contributed by atoms with Gasteiger partial charge in [0.2, 0.25) is 5.95 Å². The molecule has 0 spiro atoms. The lowest BCUT2D eigenvalue weighted by molar-refractivity contribution is 1.18.